The second-order valence-electron chi connectivity index (χ2n) is 7.12. The highest BCUT2D eigenvalue weighted by Crippen LogP contribution is 2.34. The van der Waals surface area contributed by atoms with Crippen molar-refractivity contribution < 1.29 is 9.53 Å². The fourth-order valence-electron chi connectivity index (χ4n) is 3.72. The quantitative estimate of drug-likeness (QED) is 0.891. The fraction of sp³-hybridized carbons (Fsp3) is 0.556. The van der Waals surface area contributed by atoms with Crippen LogP contribution in [-0.4, -0.2) is 40.3 Å². The van der Waals surface area contributed by atoms with Crippen LogP contribution in [0.1, 0.15) is 45.9 Å². The molecule has 134 valence electrons. The molecule has 0 bridgehead atoms. The zero-order chi connectivity index (χ0) is 17.6. The number of amides is 1. The van der Waals surface area contributed by atoms with Crippen molar-refractivity contribution in [3.8, 4) is 0 Å². The molecule has 1 fully saturated rings. The van der Waals surface area contributed by atoms with Crippen molar-refractivity contribution in [1.29, 1.82) is 0 Å². The van der Waals surface area contributed by atoms with E-state index >= 15 is 0 Å². The van der Waals surface area contributed by atoms with E-state index in [0.29, 0.717) is 25.6 Å². The van der Waals surface area contributed by atoms with Crippen LogP contribution in [0.5, 0.6) is 0 Å². The Hall–Kier alpha value is -1.86. The molecule has 2 aromatic rings. The van der Waals surface area contributed by atoms with Crippen LogP contribution in [0.25, 0.3) is 0 Å². The molecule has 0 radical (unpaired) electrons. The molecular formula is C18H23N3O3S. The molecule has 2 atom stereocenters. The number of hydrogen-bond donors (Lipinski definition) is 1. The van der Waals surface area contributed by atoms with E-state index in [1.165, 1.54) is 15.1 Å². The third-order valence-electron chi connectivity index (χ3n) is 5.24. The van der Waals surface area contributed by atoms with E-state index in [4.69, 9.17) is 4.74 Å². The number of fused-ring (bicyclic) bond motifs is 1. The Kier molecular flexibility index (Phi) is 4.29. The van der Waals surface area contributed by atoms with Crippen molar-refractivity contribution >= 4 is 17.2 Å². The number of aromatic amines is 1. The van der Waals surface area contributed by atoms with Gasteiger partial charge in [-0.3, -0.25) is 19.4 Å². The topological polar surface area (TPSA) is 67.3 Å². The van der Waals surface area contributed by atoms with Gasteiger partial charge in [0.1, 0.15) is 6.10 Å². The monoisotopic (exact) mass is 361 g/mol. The standard InChI is InChI=1S/C18H23N3O3S/c1-11-3-4-12-13(10-25-16(12)7-11)18(23)21-5-6-24-15(9-21)14-8-17(22)20(2)19-14/h8,10-11,15,19H,3-7,9H2,1-2H3. The number of carbonyl (C=O) groups is 1. The van der Waals surface area contributed by atoms with Gasteiger partial charge in [-0.1, -0.05) is 6.92 Å². The fourth-order valence-corrected chi connectivity index (χ4v) is 4.96. The molecule has 7 heteroatoms. The highest BCUT2D eigenvalue weighted by Gasteiger charge is 2.30. The van der Waals surface area contributed by atoms with Crippen LogP contribution in [0.2, 0.25) is 0 Å². The summed E-state index contributed by atoms with van der Waals surface area (Å²) in [5.74, 6) is 0.801. The molecule has 1 aliphatic heterocycles. The number of hydrogen-bond acceptors (Lipinski definition) is 4. The molecular weight excluding hydrogens is 338 g/mol. The number of morpholine rings is 1. The SMILES string of the molecule is CC1CCc2c(C(=O)N3CCOC(c4cc(=O)n(C)[nH]4)C3)csc2C1. The highest BCUT2D eigenvalue weighted by molar-refractivity contribution is 7.10. The zero-order valence-corrected chi connectivity index (χ0v) is 15.4. The molecule has 4 rings (SSSR count). The molecule has 6 nitrogen and oxygen atoms in total. The summed E-state index contributed by atoms with van der Waals surface area (Å²) >= 11 is 1.72. The van der Waals surface area contributed by atoms with E-state index in [-0.39, 0.29) is 17.6 Å². The van der Waals surface area contributed by atoms with Crippen LogP contribution in [-0.2, 0) is 24.6 Å². The van der Waals surface area contributed by atoms with Gasteiger partial charge in [-0.25, -0.2) is 0 Å². The minimum absolute atomic E-state index is 0.0944. The van der Waals surface area contributed by atoms with Crippen LogP contribution >= 0.6 is 11.3 Å². The second-order valence-corrected chi connectivity index (χ2v) is 8.08. The third kappa shape index (κ3) is 3.06. The van der Waals surface area contributed by atoms with Gasteiger partial charge in [-0.15, -0.1) is 11.3 Å². The first-order chi connectivity index (χ1) is 12.0. The van der Waals surface area contributed by atoms with Gasteiger partial charge in [0.2, 0.25) is 0 Å². The van der Waals surface area contributed by atoms with Gasteiger partial charge in [0.05, 0.1) is 24.4 Å². The summed E-state index contributed by atoms with van der Waals surface area (Å²) in [6, 6.07) is 1.55. The molecule has 2 aliphatic rings. The maximum absolute atomic E-state index is 13.1. The molecule has 3 heterocycles. The highest BCUT2D eigenvalue weighted by atomic mass is 32.1. The molecule has 1 amide bonds. The number of H-pyrrole nitrogens is 1. The maximum atomic E-state index is 13.1. The minimum atomic E-state index is -0.277. The maximum Gasteiger partial charge on any atom is 0.266 e. The van der Waals surface area contributed by atoms with Crippen molar-refractivity contribution in [2.45, 2.75) is 32.3 Å². The largest absolute Gasteiger partial charge is 0.368 e. The first-order valence-electron chi connectivity index (χ1n) is 8.79. The van der Waals surface area contributed by atoms with Gasteiger partial charge in [-0.2, -0.15) is 0 Å². The molecule has 0 aromatic carbocycles. The van der Waals surface area contributed by atoms with Gasteiger partial charge >= 0.3 is 0 Å². The Balaban J connectivity index is 1.53. The van der Waals surface area contributed by atoms with Crippen molar-refractivity contribution in [2.24, 2.45) is 13.0 Å². The van der Waals surface area contributed by atoms with Gasteiger partial charge in [-0.05, 0) is 30.7 Å². The predicted octanol–water partition coefficient (Wildman–Crippen LogP) is 2.11. The summed E-state index contributed by atoms with van der Waals surface area (Å²) in [5, 5.41) is 5.03. The Morgan fingerprint density at radius 3 is 3.04 bits per heavy atom. The van der Waals surface area contributed by atoms with Crippen molar-refractivity contribution in [3.63, 3.8) is 0 Å². The van der Waals surface area contributed by atoms with Gasteiger partial charge in [0.15, 0.2) is 0 Å². The number of carbonyl (C=O) groups excluding carboxylic acids is 1. The van der Waals surface area contributed by atoms with Crippen molar-refractivity contribution in [3.05, 3.63) is 43.5 Å². The van der Waals surface area contributed by atoms with Gasteiger partial charge in [0.25, 0.3) is 11.5 Å². The molecule has 25 heavy (non-hydrogen) atoms. The molecule has 0 spiro atoms. The number of nitrogens with one attached hydrogen (secondary N) is 1. The number of nitrogens with zero attached hydrogens (tertiary/aromatic N) is 2. The van der Waals surface area contributed by atoms with E-state index in [2.05, 4.69) is 12.0 Å². The Bertz CT molecular complexity index is 850. The lowest BCUT2D eigenvalue weighted by atomic mass is 9.88. The average Bonchev–Trinajstić information content (AvgIpc) is 3.17. The number of aryl methyl sites for hydroxylation is 1. The lowest BCUT2D eigenvalue weighted by Crippen LogP contribution is -2.42. The average molecular weight is 361 g/mol. The van der Waals surface area contributed by atoms with Crippen LogP contribution < -0.4 is 5.56 Å². The summed E-state index contributed by atoms with van der Waals surface area (Å²) in [6.45, 7) is 3.82. The summed E-state index contributed by atoms with van der Waals surface area (Å²) in [4.78, 5) is 28.0. The number of aromatic nitrogens is 2. The van der Waals surface area contributed by atoms with Gasteiger partial charge < -0.3 is 9.64 Å². The van der Waals surface area contributed by atoms with Crippen molar-refractivity contribution in [1.82, 2.24) is 14.7 Å². The number of thiophene rings is 1. The third-order valence-corrected chi connectivity index (χ3v) is 6.29. The molecule has 1 saturated heterocycles. The summed E-state index contributed by atoms with van der Waals surface area (Å²) in [7, 11) is 1.68. The van der Waals surface area contributed by atoms with Crippen LogP contribution in [0.15, 0.2) is 16.2 Å². The van der Waals surface area contributed by atoms with Crippen LogP contribution in [0, 0.1) is 5.92 Å². The first-order valence-corrected chi connectivity index (χ1v) is 9.67. The van der Waals surface area contributed by atoms with E-state index in [1.54, 1.807) is 24.5 Å². The summed E-state index contributed by atoms with van der Waals surface area (Å²) < 4.78 is 7.21. The Labute approximate surface area is 150 Å². The van der Waals surface area contributed by atoms with Crippen LogP contribution in [0.4, 0.5) is 0 Å². The molecule has 2 aromatic heterocycles. The van der Waals surface area contributed by atoms with E-state index in [1.807, 2.05) is 10.3 Å². The van der Waals surface area contributed by atoms with E-state index in [0.717, 1.165) is 30.5 Å². The molecule has 1 N–H and O–H groups in total. The molecule has 2 unspecified atom stereocenters. The smallest absolute Gasteiger partial charge is 0.266 e. The van der Waals surface area contributed by atoms with E-state index in [9.17, 15) is 9.59 Å². The van der Waals surface area contributed by atoms with Crippen molar-refractivity contribution in [2.75, 3.05) is 19.7 Å². The van der Waals surface area contributed by atoms with E-state index < -0.39 is 0 Å². The molecule has 0 saturated carbocycles. The van der Waals surface area contributed by atoms with Crippen LogP contribution in [0.3, 0.4) is 0 Å². The Morgan fingerprint density at radius 2 is 2.28 bits per heavy atom. The lowest BCUT2D eigenvalue weighted by Gasteiger charge is -2.32. The predicted molar refractivity (Wildman–Crippen MR) is 96.1 cm³/mol. The Morgan fingerprint density at radius 1 is 1.44 bits per heavy atom. The summed E-state index contributed by atoms with van der Waals surface area (Å²) in [6.07, 6.45) is 2.97. The summed E-state index contributed by atoms with van der Waals surface area (Å²) in [5.41, 5.74) is 2.76. The minimum Gasteiger partial charge on any atom is -0.368 e. The number of ether oxygens (including phenoxy) is 1. The lowest BCUT2D eigenvalue weighted by molar-refractivity contribution is -0.0249. The number of rotatable bonds is 2. The molecule has 1 aliphatic carbocycles. The van der Waals surface area contributed by atoms with Gasteiger partial charge in [0, 0.05) is 29.9 Å². The zero-order valence-electron chi connectivity index (χ0n) is 14.6. The normalized spacial score (nSPS) is 23.5. The second kappa shape index (κ2) is 6.46. The first kappa shape index (κ1) is 16.6.